The maximum atomic E-state index is 12.9. The van der Waals surface area contributed by atoms with Crippen LogP contribution in [0.4, 0.5) is 13.2 Å². The molecule has 3 aromatic rings. The van der Waals surface area contributed by atoms with Crippen LogP contribution in [0.1, 0.15) is 66.3 Å². The fourth-order valence-electron chi connectivity index (χ4n) is 3.73. The van der Waals surface area contributed by atoms with Crippen LogP contribution in [-0.4, -0.2) is 23.3 Å². The van der Waals surface area contributed by atoms with Crippen LogP contribution < -0.4 is 4.74 Å². The van der Waals surface area contributed by atoms with Gasteiger partial charge in [0.25, 0.3) is 0 Å². The van der Waals surface area contributed by atoms with Gasteiger partial charge in [-0.15, -0.1) is 11.3 Å². The van der Waals surface area contributed by atoms with Crippen LogP contribution >= 0.6 is 11.3 Å². The van der Waals surface area contributed by atoms with E-state index in [4.69, 9.17) is 14.8 Å². The Morgan fingerprint density at radius 2 is 1.76 bits per heavy atom. The third kappa shape index (κ3) is 6.36. The summed E-state index contributed by atoms with van der Waals surface area (Å²) in [4.78, 5) is 5.96. The summed E-state index contributed by atoms with van der Waals surface area (Å²) >= 11 is 1.57. The molecule has 0 aliphatic heterocycles. The number of aliphatic hydroxyl groups excluding tert-OH is 1. The Hall–Kier alpha value is -2.38. The Bertz CT molecular complexity index is 1060. The van der Waals surface area contributed by atoms with Gasteiger partial charge in [0.05, 0.1) is 17.9 Å². The Morgan fingerprint density at radius 3 is 2.33 bits per heavy atom. The van der Waals surface area contributed by atoms with E-state index >= 15 is 0 Å². The minimum absolute atomic E-state index is 0.0148. The maximum absolute atomic E-state index is 12.9. The van der Waals surface area contributed by atoms with Gasteiger partial charge in [-0.2, -0.15) is 13.2 Å². The van der Waals surface area contributed by atoms with Gasteiger partial charge in [-0.3, -0.25) is 0 Å². The lowest BCUT2D eigenvalue weighted by atomic mass is 9.93. The molecule has 0 bridgehead atoms. The summed E-state index contributed by atoms with van der Waals surface area (Å²) in [7, 11) is 0. The Labute approximate surface area is 197 Å². The van der Waals surface area contributed by atoms with E-state index in [1.54, 1.807) is 11.3 Å². The molecule has 2 aromatic carbocycles. The van der Waals surface area contributed by atoms with Crippen LogP contribution in [0.25, 0.3) is 10.6 Å². The summed E-state index contributed by atoms with van der Waals surface area (Å²) in [6, 6.07) is 11.4. The van der Waals surface area contributed by atoms with Crippen LogP contribution in [0.15, 0.2) is 42.5 Å². The van der Waals surface area contributed by atoms with E-state index in [0.29, 0.717) is 11.5 Å². The van der Waals surface area contributed by atoms with Gasteiger partial charge < -0.3 is 9.84 Å². The maximum Gasteiger partial charge on any atom is 0.416 e. The number of hydrogen-bond acceptors (Lipinski definition) is 4. The van der Waals surface area contributed by atoms with Crippen LogP contribution in [0, 0.1) is 6.92 Å². The number of aliphatic hydroxyl groups is 1. The number of nitrogens with zero attached hydrogens (tertiary/aromatic N) is 1. The summed E-state index contributed by atoms with van der Waals surface area (Å²) in [5, 5.41) is 9.71. The lowest BCUT2D eigenvalue weighted by molar-refractivity contribution is -0.137. The zero-order valence-corrected chi connectivity index (χ0v) is 20.2. The monoisotopic (exact) mass is 477 g/mol. The third-order valence-electron chi connectivity index (χ3n) is 5.65. The van der Waals surface area contributed by atoms with Crippen molar-refractivity contribution in [3.8, 4) is 16.3 Å². The first kappa shape index (κ1) is 25.2. The van der Waals surface area contributed by atoms with Crippen molar-refractivity contribution in [3.05, 3.63) is 69.7 Å². The molecule has 7 heteroatoms. The molecular weight excluding hydrogens is 447 g/mol. The number of rotatable bonds is 9. The molecule has 1 unspecified atom stereocenters. The second-order valence-corrected chi connectivity index (χ2v) is 9.68. The van der Waals surface area contributed by atoms with E-state index in [9.17, 15) is 13.2 Å². The molecule has 0 saturated heterocycles. The molecule has 0 fully saturated rings. The Morgan fingerprint density at radius 1 is 1.06 bits per heavy atom. The highest BCUT2D eigenvalue weighted by molar-refractivity contribution is 7.15. The van der Waals surface area contributed by atoms with Crippen molar-refractivity contribution >= 4 is 11.3 Å². The van der Waals surface area contributed by atoms with Crippen molar-refractivity contribution < 1.29 is 23.0 Å². The number of benzene rings is 2. The molecule has 1 N–H and O–H groups in total. The van der Waals surface area contributed by atoms with Crippen molar-refractivity contribution in [2.24, 2.45) is 0 Å². The highest BCUT2D eigenvalue weighted by Gasteiger charge is 2.30. The highest BCUT2D eigenvalue weighted by atomic mass is 32.1. The molecule has 33 heavy (non-hydrogen) atoms. The van der Waals surface area contributed by atoms with Gasteiger partial charge in [-0.25, -0.2) is 4.98 Å². The van der Waals surface area contributed by atoms with Crippen molar-refractivity contribution in [1.82, 2.24) is 4.98 Å². The average molecular weight is 478 g/mol. The zero-order chi connectivity index (χ0) is 24.2. The van der Waals surface area contributed by atoms with Gasteiger partial charge in [-0.1, -0.05) is 45.0 Å². The van der Waals surface area contributed by atoms with Crippen LogP contribution in [0.2, 0.25) is 0 Å². The van der Waals surface area contributed by atoms with Gasteiger partial charge >= 0.3 is 6.18 Å². The van der Waals surface area contributed by atoms with E-state index in [0.717, 1.165) is 47.0 Å². The summed E-state index contributed by atoms with van der Waals surface area (Å²) in [5.74, 6) is 1.35. The summed E-state index contributed by atoms with van der Waals surface area (Å²) in [6.45, 7) is 8.63. The van der Waals surface area contributed by atoms with Crippen LogP contribution in [-0.2, 0) is 12.6 Å². The molecule has 0 amide bonds. The summed E-state index contributed by atoms with van der Waals surface area (Å²) in [5.41, 5.74) is 3.35. The average Bonchev–Trinajstić information content (AvgIpc) is 3.21. The standard InChI is InChI=1S/C26H30F3NO2S/c1-16(2)24-23(33-25(30-24)19-6-9-21(10-7-19)26(27,28)29)12-5-17(3)20-8-11-22(18(4)15-20)32-14-13-31/h6-11,15-17,31H,5,12-14H2,1-4H3. The van der Waals surface area contributed by atoms with Crippen LogP contribution in [0.3, 0.4) is 0 Å². The molecule has 1 aromatic heterocycles. The molecule has 1 heterocycles. The van der Waals surface area contributed by atoms with Gasteiger partial charge in [-0.05, 0) is 60.9 Å². The van der Waals surface area contributed by atoms with Gasteiger partial charge in [0.2, 0.25) is 0 Å². The van der Waals surface area contributed by atoms with Crippen molar-refractivity contribution in [2.45, 2.75) is 58.5 Å². The van der Waals surface area contributed by atoms with Crippen LogP contribution in [0.5, 0.6) is 5.75 Å². The fourth-order valence-corrected chi connectivity index (χ4v) is 4.97. The van der Waals surface area contributed by atoms with Crippen molar-refractivity contribution in [1.29, 1.82) is 0 Å². The molecule has 3 nitrogen and oxygen atoms in total. The van der Waals surface area contributed by atoms with E-state index in [-0.39, 0.29) is 19.1 Å². The SMILES string of the molecule is Cc1cc(C(C)CCc2sc(-c3ccc(C(F)(F)F)cc3)nc2C(C)C)ccc1OCCO. The number of halogens is 3. The third-order valence-corrected chi connectivity index (χ3v) is 6.83. The first-order valence-electron chi connectivity index (χ1n) is 11.1. The number of alkyl halides is 3. The molecule has 0 spiro atoms. The Kier molecular flexibility index (Phi) is 8.19. The molecule has 0 aliphatic rings. The molecular formula is C26H30F3NO2S. The fraction of sp³-hybridized carbons (Fsp3) is 0.423. The van der Waals surface area contributed by atoms with E-state index in [1.165, 1.54) is 22.6 Å². The minimum atomic E-state index is -4.34. The highest BCUT2D eigenvalue weighted by Crippen LogP contribution is 2.36. The van der Waals surface area contributed by atoms with Gasteiger partial charge in [0.1, 0.15) is 17.4 Å². The minimum Gasteiger partial charge on any atom is -0.491 e. The lowest BCUT2D eigenvalue weighted by Gasteiger charge is -2.15. The van der Waals surface area contributed by atoms with E-state index < -0.39 is 11.7 Å². The number of ether oxygens (including phenoxy) is 1. The predicted octanol–water partition coefficient (Wildman–Crippen LogP) is 7.37. The molecule has 3 rings (SSSR count). The largest absolute Gasteiger partial charge is 0.491 e. The Balaban J connectivity index is 1.74. The second-order valence-electron chi connectivity index (χ2n) is 8.59. The lowest BCUT2D eigenvalue weighted by Crippen LogP contribution is -2.04. The summed E-state index contributed by atoms with van der Waals surface area (Å²) in [6.07, 6.45) is -2.55. The molecule has 0 radical (unpaired) electrons. The van der Waals surface area contributed by atoms with Crippen molar-refractivity contribution in [3.63, 3.8) is 0 Å². The smallest absolute Gasteiger partial charge is 0.416 e. The predicted molar refractivity (Wildman–Crippen MR) is 127 cm³/mol. The van der Waals surface area contributed by atoms with E-state index in [2.05, 4.69) is 32.9 Å². The zero-order valence-electron chi connectivity index (χ0n) is 19.4. The number of thiazole rings is 1. The topological polar surface area (TPSA) is 42.4 Å². The molecule has 0 aliphatic carbocycles. The first-order chi connectivity index (χ1) is 15.6. The number of aryl methyl sites for hydroxylation is 2. The first-order valence-corrected chi connectivity index (χ1v) is 11.9. The van der Waals surface area contributed by atoms with Gasteiger partial charge in [0, 0.05) is 10.4 Å². The second kappa shape index (κ2) is 10.7. The van der Waals surface area contributed by atoms with E-state index in [1.807, 2.05) is 13.0 Å². The molecule has 0 saturated carbocycles. The number of aromatic nitrogens is 1. The normalized spacial score (nSPS) is 12.9. The summed E-state index contributed by atoms with van der Waals surface area (Å²) < 4.78 is 44.2. The van der Waals surface area contributed by atoms with Gasteiger partial charge in [0.15, 0.2) is 0 Å². The molecule has 178 valence electrons. The number of hydrogen-bond donors (Lipinski definition) is 1. The van der Waals surface area contributed by atoms with Crippen molar-refractivity contribution in [2.75, 3.05) is 13.2 Å². The molecule has 1 atom stereocenters. The quantitative estimate of drug-likeness (QED) is 0.350.